The van der Waals surface area contributed by atoms with Crippen LogP contribution in [0.3, 0.4) is 0 Å². The summed E-state index contributed by atoms with van der Waals surface area (Å²) in [6, 6.07) is 19.0. The zero-order valence-corrected chi connectivity index (χ0v) is 19.5. The van der Waals surface area contributed by atoms with E-state index in [4.69, 9.17) is 21.1 Å². The van der Waals surface area contributed by atoms with E-state index in [1.165, 1.54) is 11.4 Å². The summed E-state index contributed by atoms with van der Waals surface area (Å²) >= 11 is 5.91. The Morgan fingerprint density at radius 2 is 1.76 bits per heavy atom. The third-order valence-corrected chi connectivity index (χ3v) is 7.37. The average Bonchev–Trinajstić information content (AvgIpc) is 3.18. The molecule has 0 radical (unpaired) electrons. The number of carbonyl (C=O) groups is 1. The summed E-state index contributed by atoms with van der Waals surface area (Å²) in [5, 5.41) is 3.47. The van der Waals surface area contributed by atoms with E-state index in [0.717, 1.165) is 5.56 Å². The van der Waals surface area contributed by atoms with E-state index in [-0.39, 0.29) is 11.7 Å². The van der Waals surface area contributed by atoms with Crippen molar-refractivity contribution in [2.75, 3.05) is 29.0 Å². The monoisotopic (exact) mass is 486 g/mol. The number of hydrogen-bond donors (Lipinski definition) is 1. The Bertz CT molecular complexity index is 1240. The molecule has 172 valence electrons. The van der Waals surface area contributed by atoms with Crippen molar-refractivity contribution in [2.45, 2.75) is 13.0 Å². The Morgan fingerprint density at radius 3 is 2.39 bits per heavy atom. The van der Waals surface area contributed by atoms with E-state index < -0.39 is 10.0 Å². The van der Waals surface area contributed by atoms with Crippen LogP contribution in [-0.2, 0) is 16.6 Å². The topological polar surface area (TPSA) is 84.9 Å². The highest BCUT2D eigenvalue weighted by Gasteiger charge is 2.28. The summed E-state index contributed by atoms with van der Waals surface area (Å²) in [7, 11) is -1.73. The number of carbonyl (C=O) groups excluding carboxylic acids is 1. The average molecular weight is 487 g/mol. The van der Waals surface area contributed by atoms with Crippen molar-refractivity contribution in [3.8, 4) is 11.5 Å². The summed E-state index contributed by atoms with van der Waals surface area (Å²) in [5.41, 5.74) is 2.50. The van der Waals surface area contributed by atoms with Crippen LogP contribution in [0, 0.1) is 0 Å². The van der Waals surface area contributed by atoms with Crippen LogP contribution in [-0.4, -0.2) is 33.7 Å². The number of anilines is 2. The van der Waals surface area contributed by atoms with Gasteiger partial charge in [-0.2, -0.15) is 0 Å². The molecule has 9 heteroatoms. The smallest absolute Gasteiger partial charge is 0.255 e. The van der Waals surface area contributed by atoms with Crippen molar-refractivity contribution in [3.63, 3.8) is 0 Å². The maximum atomic E-state index is 12.7. The largest absolute Gasteiger partial charge is 0.493 e. The number of nitrogens with zero attached hydrogens (tertiary/aromatic N) is 1. The molecule has 0 saturated carbocycles. The summed E-state index contributed by atoms with van der Waals surface area (Å²) in [6.07, 6.45) is 0.613. The molecule has 0 unspecified atom stereocenters. The van der Waals surface area contributed by atoms with Gasteiger partial charge in [0.1, 0.15) is 6.61 Å². The Hall–Kier alpha value is -3.23. The Kier molecular flexibility index (Phi) is 6.76. The number of sulfonamides is 1. The van der Waals surface area contributed by atoms with Crippen LogP contribution < -0.4 is 19.1 Å². The summed E-state index contributed by atoms with van der Waals surface area (Å²) in [4.78, 5) is 12.7. The zero-order valence-electron chi connectivity index (χ0n) is 18.0. The molecule has 1 fully saturated rings. The minimum atomic E-state index is -3.24. The van der Waals surface area contributed by atoms with Crippen LogP contribution in [0.25, 0.3) is 0 Å². The van der Waals surface area contributed by atoms with Gasteiger partial charge in [-0.25, -0.2) is 8.42 Å². The minimum absolute atomic E-state index is 0.159. The van der Waals surface area contributed by atoms with Crippen molar-refractivity contribution >= 4 is 38.9 Å². The first-order valence-electron chi connectivity index (χ1n) is 10.3. The molecule has 1 aliphatic heterocycles. The van der Waals surface area contributed by atoms with Crippen molar-refractivity contribution in [1.29, 1.82) is 0 Å². The quantitative estimate of drug-likeness (QED) is 0.522. The lowest BCUT2D eigenvalue weighted by Gasteiger charge is -2.17. The van der Waals surface area contributed by atoms with Crippen LogP contribution in [0.1, 0.15) is 22.3 Å². The van der Waals surface area contributed by atoms with E-state index >= 15 is 0 Å². The van der Waals surface area contributed by atoms with Gasteiger partial charge >= 0.3 is 0 Å². The SMILES string of the molecule is COc1cc(C(=O)Nc2ccc(N3CCCS3(=O)=O)cc2)ccc1OCc1ccc(Cl)cc1. The zero-order chi connectivity index (χ0) is 23.4. The fraction of sp³-hybridized carbons (Fsp3) is 0.208. The maximum Gasteiger partial charge on any atom is 0.255 e. The van der Waals surface area contributed by atoms with Crippen molar-refractivity contribution in [1.82, 2.24) is 0 Å². The molecule has 3 aromatic carbocycles. The molecule has 33 heavy (non-hydrogen) atoms. The van der Waals surface area contributed by atoms with Crippen LogP contribution in [0.15, 0.2) is 66.7 Å². The summed E-state index contributed by atoms with van der Waals surface area (Å²) in [6.45, 7) is 0.804. The lowest BCUT2D eigenvalue weighted by Crippen LogP contribution is -2.24. The third kappa shape index (κ3) is 5.40. The van der Waals surface area contributed by atoms with E-state index in [9.17, 15) is 13.2 Å². The number of amides is 1. The van der Waals surface area contributed by atoms with E-state index in [2.05, 4.69) is 5.32 Å². The molecule has 4 rings (SSSR count). The Morgan fingerprint density at radius 1 is 1.03 bits per heavy atom. The van der Waals surface area contributed by atoms with Crippen LogP contribution >= 0.6 is 11.6 Å². The molecule has 1 saturated heterocycles. The Balaban J connectivity index is 1.42. The highest BCUT2D eigenvalue weighted by molar-refractivity contribution is 7.93. The molecule has 0 bridgehead atoms. The Labute approximate surface area is 197 Å². The fourth-order valence-electron chi connectivity index (χ4n) is 3.51. The normalized spacial score (nSPS) is 14.7. The first-order valence-corrected chi connectivity index (χ1v) is 12.3. The van der Waals surface area contributed by atoms with Crippen LogP contribution in [0.4, 0.5) is 11.4 Å². The lowest BCUT2D eigenvalue weighted by molar-refractivity contribution is 0.102. The van der Waals surface area contributed by atoms with Gasteiger partial charge in [0, 0.05) is 22.8 Å². The molecule has 0 aliphatic carbocycles. The predicted octanol–water partition coefficient (Wildman–Crippen LogP) is 4.72. The minimum Gasteiger partial charge on any atom is -0.493 e. The number of methoxy groups -OCH3 is 1. The van der Waals surface area contributed by atoms with Crippen LogP contribution in [0.5, 0.6) is 11.5 Å². The molecule has 0 atom stereocenters. The predicted molar refractivity (Wildman–Crippen MR) is 129 cm³/mol. The highest BCUT2D eigenvalue weighted by Crippen LogP contribution is 2.30. The molecular formula is C24H23ClN2O5S. The second kappa shape index (κ2) is 9.72. The van der Waals surface area contributed by atoms with Crippen molar-refractivity contribution in [2.24, 2.45) is 0 Å². The molecule has 1 heterocycles. The van der Waals surface area contributed by atoms with Crippen molar-refractivity contribution in [3.05, 3.63) is 82.9 Å². The summed E-state index contributed by atoms with van der Waals surface area (Å²) < 4.78 is 36.8. The maximum absolute atomic E-state index is 12.7. The van der Waals surface area contributed by atoms with Gasteiger partial charge in [-0.05, 0) is 66.6 Å². The number of ether oxygens (including phenoxy) is 2. The van der Waals surface area contributed by atoms with Gasteiger partial charge in [-0.1, -0.05) is 23.7 Å². The molecule has 0 aromatic heterocycles. The van der Waals surface area contributed by atoms with Gasteiger partial charge in [0.05, 0.1) is 18.6 Å². The molecule has 1 N–H and O–H groups in total. The van der Waals surface area contributed by atoms with Gasteiger partial charge in [-0.3, -0.25) is 9.10 Å². The van der Waals surface area contributed by atoms with Crippen LogP contribution in [0.2, 0.25) is 5.02 Å². The molecule has 1 amide bonds. The number of halogens is 1. The van der Waals surface area contributed by atoms with E-state index in [1.807, 2.05) is 12.1 Å². The van der Waals surface area contributed by atoms with E-state index in [0.29, 0.717) is 53.0 Å². The standard InChI is InChI=1S/C24H23ClN2O5S/c1-31-23-15-18(5-12-22(23)32-16-17-3-6-19(25)7-4-17)24(28)26-20-8-10-21(11-9-20)27-13-2-14-33(27,29)30/h3-12,15H,2,13-14,16H2,1H3,(H,26,28). The van der Waals surface area contributed by atoms with Crippen molar-refractivity contribution < 1.29 is 22.7 Å². The molecule has 3 aromatic rings. The number of hydrogen-bond acceptors (Lipinski definition) is 5. The highest BCUT2D eigenvalue weighted by atomic mass is 35.5. The second-order valence-corrected chi connectivity index (χ2v) is 9.97. The number of benzene rings is 3. The van der Waals surface area contributed by atoms with Gasteiger partial charge in [0.25, 0.3) is 5.91 Å². The summed E-state index contributed by atoms with van der Waals surface area (Å²) in [5.74, 6) is 0.790. The third-order valence-electron chi connectivity index (χ3n) is 5.25. The number of nitrogens with one attached hydrogen (secondary N) is 1. The molecule has 7 nitrogen and oxygen atoms in total. The first-order chi connectivity index (χ1) is 15.9. The number of rotatable bonds is 7. The lowest BCUT2D eigenvalue weighted by atomic mass is 10.1. The van der Waals surface area contributed by atoms with Gasteiger partial charge in [0.2, 0.25) is 10.0 Å². The second-order valence-electron chi connectivity index (χ2n) is 7.52. The fourth-order valence-corrected chi connectivity index (χ4v) is 5.20. The van der Waals surface area contributed by atoms with Gasteiger partial charge in [-0.15, -0.1) is 0 Å². The molecule has 0 spiro atoms. The van der Waals surface area contributed by atoms with Gasteiger partial charge in [0.15, 0.2) is 11.5 Å². The van der Waals surface area contributed by atoms with Gasteiger partial charge < -0.3 is 14.8 Å². The molecule has 1 aliphatic rings. The first kappa shape index (κ1) is 22.9. The van der Waals surface area contributed by atoms with E-state index in [1.54, 1.807) is 54.6 Å². The molecular weight excluding hydrogens is 464 g/mol.